The van der Waals surface area contributed by atoms with Crippen LogP contribution in [0, 0.1) is 0 Å². The van der Waals surface area contributed by atoms with E-state index < -0.39 is 0 Å². The molecule has 14 heavy (non-hydrogen) atoms. The predicted molar refractivity (Wildman–Crippen MR) is 72.5 cm³/mol. The van der Waals surface area contributed by atoms with Crippen LogP contribution in [0.25, 0.3) is 0 Å². The first kappa shape index (κ1) is 29.2. The van der Waals surface area contributed by atoms with Crippen LogP contribution in [0.2, 0.25) is 0 Å². The molecule has 0 saturated heterocycles. The summed E-state index contributed by atoms with van der Waals surface area (Å²) in [6, 6.07) is 0. The summed E-state index contributed by atoms with van der Waals surface area (Å²) in [5, 5.41) is 0. The zero-order valence-corrected chi connectivity index (χ0v) is 12.2. The monoisotopic (exact) mass is 208 g/mol. The molecular formula is C12H36N2. The first-order valence-corrected chi connectivity index (χ1v) is 6.20. The molecule has 0 heterocycles. The summed E-state index contributed by atoms with van der Waals surface area (Å²) in [6.45, 7) is 16.4. The second kappa shape index (κ2) is 119. The Kier molecular flexibility index (Phi) is 249. The van der Waals surface area contributed by atoms with Gasteiger partial charge in [-0.3, -0.25) is 11.3 Å². The number of hydrogen-bond acceptors (Lipinski definition) is 2. The largest absolute Gasteiger partial charge is 0.272 e. The molecule has 0 saturated carbocycles. The van der Waals surface area contributed by atoms with E-state index in [4.69, 9.17) is 0 Å². The van der Waals surface area contributed by atoms with E-state index in [0.717, 1.165) is 0 Å². The molecule has 0 fully saturated rings. The van der Waals surface area contributed by atoms with Crippen molar-refractivity contribution in [2.45, 2.75) is 74.7 Å². The van der Waals surface area contributed by atoms with Crippen LogP contribution >= 0.6 is 0 Å². The van der Waals surface area contributed by atoms with Gasteiger partial charge >= 0.3 is 0 Å². The van der Waals surface area contributed by atoms with Crippen LogP contribution in [-0.4, -0.2) is 7.05 Å². The maximum Gasteiger partial charge on any atom is -0.00172 e. The standard InChI is InChI=1S/C5H12.3C2H6.CH6N2/c1-3-5-4-2;3*1-2;1-3-2/h3-5H2,1-2H3;3*1-2H3;3H,2H2,1H3. The zero-order valence-electron chi connectivity index (χ0n) is 12.2. The van der Waals surface area contributed by atoms with Crippen molar-refractivity contribution < 1.29 is 0 Å². The van der Waals surface area contributed by atoms with Gasteiger partial charge in [-0.2, -0.15) is 0 Å². The van der Waals surface area contributed by atoms with Crippen LogP contribution in [0.4, 0.5) is 0 Å². The van der Waals surface area contributed by atoms with Gasteiger partial charge in [0.05, 0.1) is 0 Å². The van der Waals surface area contributed by atoms with Crippen molar-refractivity contribution in [3.63, 3.8) is 0 Å². The minimum absolute atomic E-state index is 1.34. The molecule has 2 heteroatoms. The molecule has 3 N–H and O–H groups in total. The predicted octanol–water partition coefficient (Wildman–Crippen LogP) is 4.35. The number of nitrogens with two attached hydrogens (primary N) is 1. The van der Waals surface area contributed by atoms with Crippen LogP contribution in [0.1, 0.15) is 74.7 Å². The Hall–Kier alpha value is -0.0800. The summed E-state index contributed by atoms with van der Waals surface area (Å²) >= 11 is 0. The Balaban J connectivity index is -0.0000000263. The highest BCUT2D eigenvalue weighted by molar-refractivity contribution is 4.24. The second-order valence-electron chi connectivity index (χ2n) is 1.64. The van der Waals surface area contributed by atoms with Crippen molar-refractivity contribution in [3.05, 3.63) is 0 Å². The van der Waals surface area contributed by atoms with Crippen molar-refractivity contribution in [2.24, 2.45) is 5.84 Å². The van der Waals surface area contributed by atoms with Gasteiger partial charge in [-0.05, 0) is 7.05 Å². The minimum Gasteiger partial charge on any atom is -0.272 e. The van der Waals surface area contributed by atoms with Gasteiger partial charge in [-0.15, -0.1) is 0 Å². The summed E-state index contributed by atoms with van der Waals surface area (Å²) in [4.78, 5) is 0. The summed E-state index contributed by atoms with van der Waals surface area (Å²) in [6.07, 6.45) is 4.08. The van der Waals surface area contributed by atoms with E-state index in [1.807, 2.05) is 41.5 Å². The Bertz CT molecular complexity index is 22.3. The fourth-order valence-corrected chi connectivity index (χ4v) is 0.354. The summed E-state index contributed by atoms with van der Waals surface area (Å²) in [7, 11) is 1.65. The molecule has 2 nitrogen and oxygen atoms in total. The van der Waals surface area contributed by atoms with Crippen LogP contribution in [-0.2, 0) is 0 Å². The molecular weight excluding hydrogens is 172 g/mol. The maximum absolute atomic E-state index is 4.60. The molecule has 0 spiro atoms. The number of nitrogens with one attached hydrogen (secondary N) is 1. The lowest BCUT2D eigenvalue weighted by molar-refractivity contribution is 0.772. The number of hydrogen-bond donors (Lipinski definition) is 2. The van der Waals surface area contributed by atoms with Crippen molar-refractivity contribution in [1.29, 1.82) is 0 Å². The SMILES string of the molecule is CC.CC.CC.CCCCC.CNN. The van der Waals surface area contributed by atoms with Gasteiger partial charge in [0.1, 0.15) is 0 Å². The van der Waals surface area contributed by atoms with Gasteiger partial charge in [-0.25, -0.2) is 0 Å². The van der Waals surface area contributed by atoms with Gasteiger partial charge in [0.25, 0.3) is 0 Å². The summed E-state index contributed by atoms with van der Waals surface area (Å²) < 4.78 is 0. The van der Waals surface area contributed by atoms with Crippen LogP contribution in [0.3, 0.4) is 0 Å². The third kappa shape index (κ3) is 386. The molecule has 0 bridgehead atoms. The fourth-order valence-electron chi connectivity index (χ4n) is 0.354. The van der Waals surface area contributed by atoms with Crippen LogP contribution in [0.5, 0.6) is 0 Å². The van der Waals surface area contributed by atoms with Crippen molar-refractivity contribution in [3.8, 4) is 0 Å². The minimum atomic E-state index is 1.34. The molecule has 0 rings (SSSR count). The highest BCUT2D eigenvalue weighted by Gasteiger charge is 1.68. The molecule has 0 aromatic heterocycles. The lowest BCUT2D eigenvalue weighted by atomic mass is 10.3. The highest BCUT2D eigenvalue weighted by atomic mass is 15.2. The quantitative estimate of drug-likeness (QED) is 0.523. The normalized spacial score (nSPS) is 5.57. The Labute approximate surface area is 93.6 Å². The third-order valence-electron chi connectivity index (χ3n) is 0.707. The second-order valence-corrected chi connectivity index (χ2v) is 1.64. The average molecular weight is 208 g/mol. The van der Waals surface area contributed by atoms with Gasteiger partial charge < -0.3 is 0 Å². The molecule has 0 aliphatic heterocycles. The third-order valence-corrected chi connectivity index (χ3v) is 0.707. The van der Waals surface area contributed by atoms with E-state index in [2.05, 4.69) is 25.1 Å². The molecule has 0 aromatic rings. The first-order valence-electron chi connectivity index (χ1n) is 6.20. The Morgan fingerprint density at radius 2 is 0.929 bits per heavy atom. The van der Waals surface area contributed by atoms with Crippen molar-refractivity contribution >= 4 is 0 Å². The van der Waals surface area contributed by atoms with E-state index in [1.165, 1.54) is 19.3 Å². The van der Waals surface area contributed by atoms with E-state index in [1.54, 1.807) is 7.05 Å². The van der Waals surface area contributed by atoms with Crippen LogP contribution in [0.15, 0.2) is 0 Å². The van der Waals surface area contributed by atoms with Crippen molar-refractivity contribution in [1.82, 2.24) is 5.43 Å². The molecule has 0 atom stereocenters. The smallest absolute Gasteiger partial charge is 0.00172 e. The zero-order chi connectivity index (χ0) is 12.8. The Morgan fingerprint density at radius 1 is 0.786 bits per heavy atom. The van der Waals surface area contributed by atoms with E-state index in [0.29, 0.717) is 0 Å². The molecule has 0 amide bonds. The lowest BCUT2D eigenvalue weighted by Gasteiger charge is -1.79. The van der Waals surface area contributed by atoms with E-state index >= 15 is 0 Å². The molecule has 0 aliphatic rings. The topological polar surface area (TPSA) is 38.0 Å². The highest BCUT2D eigenvalue weighted by Crippen LogP contribution is 1.88. The Morgan fingerprint density at radius 3 is 0.929 bits per heavy atom. The molecule has 94 valence electrons. The van der Waals surface area contributed by atoms with Crippen molar-refractivity contribution in [2.75, 3.05) is 7.05 Å². The first-order chi connectivity index (χ1) is 6.83. The molecule has 0 aromatic carbocycles. The summed E-state index contributed by atoms with van der Waals surface area (Å²) in [5.41, 5.74) is 2.25. The maximum atomic E-state index is 4.60. The number of unbranched alkanes of at least 4 members (excludes halogenated alkanes) is 2. The van der Waals surface area contributed by atoms with Gasteiger partial charge in [0, 0.05) is 0 Å². The number of hydrazine groups is 1. The lowest BCUT2D eigenvalue weighted by Crippen LogP contribution is -2.13. The molecule has 0 radical (unpaired) electrons. The van der Waals surface area contributed by atoms with Gasteiger partial charge in [0.2, 0.25) is 0 Å². The van der Waals surface area contributed by atoms with Gasteiger partial charge in [0.15, 0.2) is 0 Å². The average Bonchev–Trinajstić information content (AvgIpc) is 2.29. The van der Waals surface area contributed by atoms with E-state index in [-0.39, 0.29) is 0 Å². The fraction of sp³-hybridized carbons (Fsp3) is 1.00. The summed E-state index contributed by atoms with van der Waals surface area (Å²) in [5.74, 6) is 4.60. The van der Waals surface area contributed by atoms with E-state index in [9.17, 15) is 0 Å². The molecule has 0 unspecified atom stereocenters. The van der Waals surface area contributed by atoms with Gasteiger partial charge in [-0.1, -0.05) is 74.7 Å². The molecule has 0 aliphatic carbocycles. The number of rotatable bonds is 2. The van der Waals surface area contributed by atoms with Crippen LogP contribution < -0.4 is 11.3 Å².